The lowest BCUT2D eigenvalue weighted by Crippen LogP contribution is -2.55. The molecule has 0 heterocycles. The van der Waals surface area contributed by atoms with Crippen LogP contribution in [0.5, 0.6) is 11.5 Å². The van der Waals surface area contributed by atoms with E-state index in [1.807, 2.05) is 0 Å². The molecule has 0 aliphatic heterocycles. The van der Waals surface area contributed by atoms with Crippen molar-refractivity contribution in [3.63, 3.8) is 0 Å². The Morgan fingerprint density at radius 2 is 1.33 bits per heavy atom. The fourth-order valence-corrected chi connectivity index (χ4v) is 2.58. The smallest absolute Gasteiger partial charge is 0.411 e. The van der Waals surface area contributed by atoms with Gasteiger partial charge in [-0.05, 0) is 11.6 Å². The van der Waals surface area contributed by atoms with Crippen molar-refractivity contribution in [1.29, 1.82) is 0 Å². The molecule has 3 nitrogen and oxygen atoms in total. The molecule has 130 valence electrons. The topological polar surface area (TPSA) is 55.5 Å². The highest BCUT2D eigenvalue weighted by molar-refractivity contribution is 5.55. The van der Waals surface area contributed by atoms with Crippen molar-refractivity contribution < 1.29 is 36.3 Å². The van der Waals surface area contributed by atoms with Gasteiger partial charge in [-0.1, -0.05) is 42.5 Å². The van der Waals surface area contributed by atoms with Crippen molar-refractivity contribution >= 4 is 0 Å². The van der Waals surface area contributed by atoms with Crippen LogP contribution >= 0.6 is 0 Å². The number of alkyl halides is 6. The summed E-state index contributed by atoms with van der Waals surface area (Å²) in [7, 11) is 0. The molecule has 2 aromatic carbocycles. The van der Waals surface area contributed by atoms with Crippen molar-refractivity contribution in [2.24, 2.45) is 5.90 Å². The zero-order valence-electron chi connectivity index (χ0n) is 11.8. The summed E-state index contributed by atoms with van der Waals surface area (Å²) in [5.74, 6) is 2.78. The Kier molecular flexibility index (Phi) is 4.40. The molecule has 0 unspecified atom stereocenters. The average Bonchev–Trinajstić information content (AvgIpc) is 2.46. The summed E-state index contributed by atoms with van der Waals surface area (Å²) in [6.07, 6.45) is -11.6. The van der Waals surface area contributed by atoms with E-state index in [0.717, 1.165) is 24.3 Å². The SMILES string of the molecule is NOc1c(O)cccc1C(c1ccccc1)(C(F)(F)F)C(F)(F)F. The van der Waals surface area contributed by atoms with E-state index in [-0.39, 0.29) is 0 Å². The molecule has 0 bridgehead atoms. The second-order valence-electron chi connectivity index (χ2n) is 4.88. The normalized spacial score (nSPS) is 13.0. The van der Waals surface area contributed by atoms with E-state index in [1.54, 1.807) is 0 Å². The van der Waals surface area contributed by atoms with Crippen LogP contribution in [0, 0.1) is 0 Å². The van der Waals surface area contributed by atoms with Gasteiger partial charge >= 0.3 is 12.4 Å². The van der Waals surface area contributed by atoms with E-state index < -0.39 is 40.4 Å². The molecule has 0 aromatic heterocycles. The predicted octanol–water partition coefficient (Wildman–Crippen LogP) is 4.06. The monoisotopic (exact) mass is 351 g/mol. The van der Waals surface area contributed by atoms with Crippen molar-refractivity contribution in [1.82, 2.24) is 0 Å². The first-order chi connectivity index (χ1) is 11.1. The Morgan fingerprint density at radius 3 is 1.79 bits per heavy atom. The van der Waals surface area contributed by atoms with Gasteiger partial charge in [0.05, 0.1) is 0 Å². The Bertz CT molecular complexity index is 698. The van der Waals surface area contributed by atoms with E-state index in [9.17, 15) is 31.4 Å². The minimum absolute atomic E-state index is 0.565. The van der Waals surface area contributed by atoms with Crippen LogP contribution in [0.2, 0.25) is 0 Å². The third kappa shape index (κ3) is 2.54. The van der Waals surface area contributed by atoms with E-state index in [2.05, 4.69) is 4.84 Å². The highest BCUT2D eigenvalue weighted by atomic mass is 19.4. The molecule has 0 aliphatic carbocycles. The standard InChI is InChI=1S/C15H11F6NO2/c16-14(17,18)13(15(19,20)21,9-5-2-1-3-6-9)10-7-4-8-11(23)12(10)24-22/h1-8,23H,22H2. The predicted molar refractivity (Wildman–Crippen MR) is 72.3 cm³/mol. The van der Waals surface area contributed by atoms with Crippen molar-refractivity contribution in [3.8, 4) is 11.5 Å². The molecule has 0 amide bonds. The van der Waals surface area contributed by atoms with E-state index in [1.165, 1.54) is 6.07 Å². The molecule has 24 heavy (non-hydrogen) atoms. The Labute approximate surface area is 132 Å². The number of hydrogen-bond donors (Lipinski definition) is 2. The number of benzene rings is 2. The van der Waals surface area contributed by atoms with Gasteiger partial charge in [0.25, 0.3) is 0 Å². The lowest BCUT2D eigenvalue weighted by atomic mass is 9.72. The summed E-state index contributed by atoms with van der Waals surface area (Å²) in [4.78, 5) is 4.14. The van der Waals surface area contributed by atoms with E-state index >= 15 is 0 Å². The maximum Gasteiger partial charge on any atom is 0.411 e. The average molecular weight is 351 g/mol. The summed E-state index contributed by atoms with van der Waals surface area (Å²) in [6, 6.07) is 7.06. The van der Waals surface area contributed by atoms with Gasteiger partial charge in [0.2, 0.25) is 5.41 Å². The first-order valence-electron chi connectivity index (χ1n) is 6.45. The molecule has 9 heteroatoms. The number of para-hydroxylation sites is 1. The summed E-state index contributed by atoms with van der Waals surface area (Å²) in [5.41, 5.74) is -6.85. The van der Waals surface area contributed by atoms with Crippen LogP contribution in [0.1, 0.15) is 11.1 Å². The van der Waals surface area contributed by atoms with Crippen molar-refractivity contribution in [3.05, 3.63) is 59.7 Å². The summed E-state index contributed by atoms with van der Waals surface area (Å²) in [5, 5.41) is 9.59. The summed E-state index contributed by atoms with van der Waals surface area (Å²) in [6.45, 7) is 0. The third-order valence-electron chi connectivity index (χ3n) is 3.57. The lowest BCUT2D eigenvalue weighted by Gasteiger charge is -2.38. The highest BCUT2D eigenvalue weighted by Crippen LogP contribution is 2.58. The first kappa shape index (κ1) is 17.9. The Balaban J connectivity index is 3.00. The molecule has 3 N–H and O–H groups in total. The van der Waals surface area contributed by atoms with Gasteiger partial charge in [-0.2, -0.15) is 32.2 Å². The number of halogens is 6. The van der Waals surface area contributed by atoms with Gasteiger partial charge in [0, 0.05) is 5.56 Å². The molecular weight excluding hydrogens is 340 g/mol. The molecule has 0 aliphatic rings. The third-order valence-corrected chi connectivity index (χ3v) is 3.57. The fraction of sp³-hybridized carbons (Fsp3) is 0.200. The van der Waals surface area contributed by atoms with Gasteiger partial charge in [-0.15, -0.1) is 0 Å². The summed E-state index contributed by atoms with van der Waals surface area (Å²) < 4.78 is 82.8. The summed E-state index contributed by atoms with van der Waals surface area (Å²) >= 11 is 0. The van der Waals surface area contributed by atoms with Crippen LogP contribution in [0.4, 0.5) is 26.3 Å². The lowest BCUT2D eigenvalue weighted by molar-refractivity contribution is -0.289. The largest absolute Gasteiger partial charge is 0.504 e. The van der Waals surface area contributed by atoms with Crippen molar-refractivity contribution in [2.75, 3.05) is 0 Å². The molecular formula is C15H11F6NO2. The zero-order chi connectivity index (χ0) is 18.2. The van der Waals surface area contributed by atoms with Gasteiger partial charge in [0.15, 0.2) is 11.5 Å². The number of phenolic OH excluding ortho intramolecular Hbond substituents is 1. The van der Waals surface area contributed by atoms with Gasteiger partial charge in [-0.25, -0.2) is 0 Å². The molecule has 0 fully saturated rings. The van der Waals surface area contributed by atoms with Crippen LogP contribution in [-0.2, 0) is 5.41 Å². The number of rotatable bonds is 3. The molecule has 0 saturated heterocycles. The number of hydrogen-bond acceptors (Lipinski definition) is 3. The maximum absolute atomic E-state index is 13.8. The van der Waals surface area contributed by atoms with Crippen LogP contribution in [0.15, 0.2) is 48.5 Å². The fourth-order valence-electron chi connectivity index (χ4n) is 2.58. The number of nitrogens with two attached hydrogens (primary N) is 1. The molecule has 0 atom stereocenters. The van der Waals surface area contributed by atoms with Crippen LogP contribution in [0.25, 0.3) is 0 Å². The Hall–Kier alpha value is -2.42. The first-order valence-corrected chi connectivity index (χ1v) is 6.45. The molecule has 0 radical (unpaired) electrons. The van der Waals surface area contributed by atoms with Crippen LogP contribution in [0.3, 0.4) is 0 Å². The number of aromatic hydroxyl groups is 1. The molecule has 0 saturated carbocycles. The second kappa shape index (κ2) is 5.90. The van der Waals surface area contributed by atoms with E-state index in [4.69, 9.17) is 5.90 Å². The van der Waals surface area contributed by atoms with Crippen LogP contribution in [-0.4, -0.2) is 17.5 Å². The van der Waals surface area contributed by atoms with Gasteiger partial charge < -0.3 is 9.94 Å². The maximum atomic E-state index is 13.8. The Morgan fingerprint density at radius 1 is 0.792 bits per heavy atom. The van der Waals surface area contributed by atoms with E-state index in [0.29, 0.717) is 18.2 Å². The zero-order valence-corrected chi connectivity index (χ0v) is 11.8. The van der Waals surface area contributed by atoms with Crippen LogP contribution < -0.4 is 10.7 Å². The second-order valence-corrected chi connectivity index (χ2v) is 4.88. The van der Waals surface area contributed by atoms with Gasteiger partial charge in [-0.3, -0.25) is 0 Å². The molecule has 2 aromatic rings. The van der Waals surface area contributed by atoms with Crippen molar-refractivity contribution in [2.45, 2.75) is 17.8 Å². The highest BCUT2D eigenvalue weighted by Gasteiger charge is 2.73. The molecule has 2 rings (SSSR count). The quantitative estimate of drug-likeness (QED) is 0.648. The number of phenols is 1. The molecule has 0 spiro atoms. The van der Waals surface area contributed by atoms with Gasteiger partial charge in [0.1, 0.15) is 0 Å². The minimum Gasteiger partial charge on any atom is -0.504 e. The minimum atomic E-state index is -5.78.